The van der Waals surface area contributed by atoms with Gasteiger partial charge >= 0.3 is 0 Å². The third kappa shape index (κ3) is 1.94. The van der Waals surface area contributed by atoms with Crippen LogP contribution in [0.1, 0.15) is 12.0 Å². The van der Waals surface area contributed by atoms with Crippen molar-refractivity contribution in [1.29, 1.82) is 0 Å². The summed E-state index contributed by atoms with van der Waals surface area (Å²) in [5.41, 5.74) is 15.1. The second kappa shape index (κ2) is 4.74. The lowest BCUT2D eigenvalue weighted by molar-refractivity contribution is 0.460. The van der Waals surface area contributed by atoms with Crippen molar-refractivity contribution in [3.63, 3.8) is 0 Å². The van der Waals surface area contributed by atoms with Crippen LogP contribution in [0.4, 0.5) is 11.5 Å². The Labute approximate surface area is 128 Å². The van der Waals surface area contributed by atoms with Crippen LogP contribution in [0.5, 0.6) is 0 Å². The SMILES string of the molecule is Nc1noc2c(N3CCC(N)(c4ccccc4)C3)cccc12. The summed E-state index contributed by atoms with van der Waals surface area (Å²) in [6, 6.07) is 16.2. The highest BCUT2D eigenvalue weighted by molar-refractivity contribution is 5.95. The Morgan fingerprint density at radius 2 is 1.91 bits per heavy atom. The van der Waals surface area contributed by atoms with Crippen LogP contribution < -0.4 is 16.4 Å². The molecule has 1 aromatic heterocycles. The maximum absolute atomic E-state index is 6.64. The molecule has 22 heavy (non-hydrogen) atoms. The van der Waals surface area contributed by atoms with Crippen LogP contribution in [0, 0.1) is 0 Å². The lowest BCUT2D eigenvalue weighted by atomic mass is 9.90. The van der Waals surface area contributed by atoms with Crippen LogP contribution in [0.25, 0.3) is 11.0 Å². The highest BCUT2D eigenvalue weighted by Gasteiger charge is 2.36. The van der Waals surface area contributed by atoms with E-state index >= 15 is 0 Å². The smallest absolute Gasteiger partial charge is 0.192 e. The predicted molar refractivity (Wildman–Crippen MR) is 87.6 cm³/mol. The average molecular weight is 294 g/mol. The van der Waals surface area contributed by atoms with Gasteiger partial charge in [-0.25, -0.2) is 0 Å². The molecule has 1 aliphatic rings. The van der Waals surface area contributed by atoms with Crippen molar-refractivity contribution in [1.82, 2.24) is 5.16 Å². The molecule has 2 heterocycles. The molecule has 2 aromatic carbocycles. The third-order valence-electron chi connectivity index (χ3n) is 4.50. The molecule has 5 nitrogen and oxygen atoms in total. The first-order valence-corrected chi connectivity index (χ1v) is 7.41. The monoisotopic (exact) mass is 294 g/mol. The summed E-state index contributed by atoms with van der Waals surface area (Å²) in [5, 5.41) is 4.72. The zero-order valence-electron chi connectivity index (χ0n) is 12.2. The molecular formula is C17H18N4O. The summed E-state index contributed by atoms with van der Waals surface area (Å²) < 4.78 is 5.41. The number of anilines is 2. The fourth-order valence-electron chi connectivity index (χ4n) is 3.26. The second-order valence-electron chi connectivity index (χ2n) is 5.92. The number of hydrogen-bond donors (Lipinski definition) is 2. The first kappa shape index (κ1) is 13.2. The Morgan fingerprint density at radius 1 is 1.09 bits per heavy atom. The van der Waals surface area contributed by atoms with Gasteiger partial charge in [-0.15, -0.1) is 0 Å². The van der Waals surface area contributed by atoms with E-state index in [0.29, 0.717) is 5.82 Å². The van der Waals surface area contributed by atoms with E-state index in [1.165, 1.54) is 5.56 Å². The van der Waals surface area contributed by atoms with Gasteiger partial charge in [0.15, 0.2) is 11.4 Å². The molecule has 4 rings (SSSR count). The van der Waals surface area contributed by atoms with Crippen LogP contribution in [0.15, 0.2) is 53.1 Å². The Kier molecular flexibility index (Phi) is 2.84. The van der Waals surface area contributed by atoms with Crippen LogP contribution >= 0.6 is 0 Å². The molecule has 0 aliphatic carbocycles. The molecule has 4 N–H and O–H groups in total. The standard InChI is InChI=1S/C17H18N4O/c18-16-13-7-4-8-14(15(13)22-20-16)21-10-9-17(19,11-21)12-5-2-1-3-6-12/h1-8H,9-11,19H2,(H2,18,20). The fraction of sp³-hybridized carbons (Fsp3) is 0.235. The average Bonchev–Trinajstić information content (AvgIpc) is 3.13. The summed E-state index contributed by atoms with van der Waals surface area (Å²) >= 11 is 0. The van der Waals surface area contributed by atoms with Crippen molar-refractivity contribution in [3.8, 4) is 0 Å². The molecule has 0 radical (unpaired) electrons. The maximum atomic E-state index is 6.64. The van der Waals surface area contributed by atoms with E-state index in [1.807, 2.05) is 36.4 Å². The number of nitrogen functional groups attached to an aromatic ring is 1. The molecule has 0 amide bonds. The Hall–Kier alpha value is -2.53. The lowest BCUT2D eigenvalue weighted by Crippen LogP contribution is -2.39. The molecule has 0 spiro atoms. The number of nitrogens with zero attached hydrogens (tertiary/aromatic N) is 2. The summed E-state index contributed by atoms with van der Waals surface area (Å²) in [5.74, 6) is 0.429. The largest absolute Gasteiger partial charge is 0.380 e. The van der Waals surface area contributed by atoms with Gasteiger partial charge < -0.3 is 20.9 Å². The normalized spacial score (nSPS) is 21.6. The van der Waals surface area contributed by atoms with Crippen LogP contribution in [-0.2, 0) is 5.54 Å². The van der Waals surface area contributed by atoms with Gasteiger partial charge in [0.05, 0.1) is 16.6 Å². The molecule has 1 aliphatic heterocycles. The molecular weight excluding hydrogens is 276 g/mol. The minimum Gasteiger partial charge on any atom is -0.380 e. The topological polar surface area (TPSA) is 81.3 Å². The molecule has 1 unspecified atom stereocenters. The summed E-state index contributed by atoms with van der Waals surface area (Å²) in [7, 11) is 0. The second-order valence-corrected chi connectivity index (χ2v) is 5.92. The Bertz CT molecular complexity index is 814. The van der Waals surface area contributed by atoms with Crippen LogP contribution in [0.2, 0.25) is 0 Å². The maximum Gasteiger partial charge on any atom is 0.192 e. The number of benzene rings is 2. The minimum absolute atomic E-state index is 0.338. The third-order valence-corrected chi connectivity index (χ3v) is 4.50. The number of fused-ring (bicyclic) bond motifs is 1. The van der Waals surface area contributed by atoms with E-state index in [1.54, 1.807) is 0 Å². The van der Waals surface area contributed by atoms with Crippen LogP contribution in [-0.4, -0.2) is 18.2 Å². The van der Waals surface area contributed by atoms with E-state index in [2.05, 4.69) is 22.2 Å². The quantitative estimate of drug-likeness (QED) is 0.759. The molecule has 3 aromatic rings. The highest BCUT2D eigenvalue weighted by atomic mass is 16.5. The highest BCUT2D eigenvalue weighted by Crippen LogP contribution is 2.36. The van der Waals surface area contributed by atoms with E-state index < -0.39 is 0 Å². The first-order valence-electron chi connectivity index (χ1n) is 7.41. The summed E-state index contributed by atoms with van der Waals surface area (Å²) in [6.45, 7) is 1.63. The number of para-hydroxylation sites is 1. The molecule has 0 saturated carbocycles. The van der Waals surface area contributed by atoms with E-state index in [4.69, 9.17) is 16.0 Å². The number of rotatable bonds is 2. The fourth-order valence-corrected chi connectivity index (χ4v) is 3.26. The van der Waals surface area contributed by atoms with Crippen molar-refractivity contribution >= 4 is 22.5 Å². The number of hydrogen-bond acceptors (Lipinski definition) is 5. The van der Waals surface area contributed by atoms with Crippen LogP contribution in [0.3, 0.4) is 0 Å². The Morgan fingerprint density at radius 3 is 2.73 bits per heavy atom. The van der Waals surface area contributed by atoms with Gasteiger partial charge in [-0.05, 0) is 24.1 Å². The minimum atomic E-state index is -0.338. The van der Waals surface area contributed by atoms with Crippen molar-refractivity contribution in [3.05, 3.63) is 54.1 Å². The number of aromatic nitrogens is 1. The summed E-state index contributed by atoms with van der Waals surface area (Å²) in [6.07, 6.45) is 0.900. The predicted octanol–water partition coefficient (Wildman–Crippen LogP) is 2.47. The Balaban J connectivity index is 1.70. The van der Waals surface area contributed by atoms with Gasteiger partial charge in [0, 0.05) is 13.1 Å². The molecule has 5 heteroatoms. The van der Waals surface area contributed by atoms with E-state index in [9.17, 15) is 0 Å². The lowest BCUT2D eigenvalue weighted by Gasteiger charge is -2.26. The summed E-state index contributed by atoms with van der Waals surface area (Å²) in [4.78, 5) is 2.25. The molecule has 1 atom stereocenters. The van der Waals surface area contributed by atoms with Gasteiger partial charge in [0.25, 0.3) is 0 Å². The molecule has 0 bridgehead atoms. The van der Waals surface area contributed by atoms with Gasteiger partial charge in [-0.1, -0.05) is 41.6 Å². The zero-order valence-corrected chi connectivity index (χ0v) is 12.2. The molecule has 112 valence electrons. The van der Waals surface area contributed by atoms with E-state index in [0.717, 1.165) is 36.2 Å². The van der Waals surface area contributed by atoms with Gasteiger partial charge in [0.2, 0.25) is 0 Å². The van der Waals surface area contributed by atoms with Gasteiger partial charge in [0.1, 0.15) is 0 Å². The molecule has 1 saturated heterocycles. The van der Waals surface area contributed by atoms with Crippen molar-refractivity contribution < 1.29 is 4.52 Å². The van der Waals surface area contributed by atoms with E-state index in [-0.39, 0.29) is 5.54 Å². The van der Waals surface area contributed by atoms with Crippen molar-refractivity contribution in [2.24, 2.45) is 5.73 Å². The number of nitrogens with two attached hydrogens (primary N) is 2. The van der Waals surface area contributed by atoms with Crippen molar-refractivity contribution in [2.45, 2.75) is 12.0 Å². The first-order chi connectivity index (χ1) is 10.7. The molecule has 1 fully saturated rings. The van der Waals surface area contributed by atoms with Crippen molar-refractivity contribution in [2.75, 3.05) is 23.7 Å². The van der Waals surface area contributed by atoms with Gasteiger partial charge in [-0.3, -0.25) is 0 Å². The zero-order chi connectivity index (χ0) is 15.2. The van der Waals surface area contributed by atoms with Gasteiger partial charge in [-0.2, -0.15) is 0 Å².